The second-order valence-corrected chi connectivity index (χ2v) is 4.41. The van der Waals surface area contributed by atoms with Gasteiger partial charge in [0.05, 0.1) is 31.2 Å². The maximum atomic E-state index is 5.59. The molecule has 1 saturated heterocycles. The van der Waals surface area contributed by atoms with Crippen LogP contribution >= 0.6 is 11.3 Å². The van der Waals surface area contributed by atoms with E-state index in [-0.39, 0.29) is 6.10 Å². The van der Waals surface area contributed by atoms with Crippen molar-refractivity contribution in [2.24, 2.45) is 5.73 Å². The Morgan fingerprint density at radius 3 is 3.07 bits per heavy atom. The van der Waals surface area contributed by atoms with Gasteiger partial charge in [-0.3, -0.25) is 0 Å². The van der Waals surface area contributed by atoms with Gasteiger partial charge in [-0.25, -0.2) is 0 Å². The number of hydrogen-bond donors (Lipinski definition) is 1. The molecule has 2 N–H and O–H groups in total. The summed E-state index contributed by atoms with van der Waals surface area (Å²) in [5.74, 6) is 5.84. The van der Waals surface area contributed by atoms with E-state index < -0.39 is 0 Å². The third-order valence-corrected chi connectivity index (χ3v) is 3.02. The zero-order chi connectivity index (χ0) is 10.5. The van der Waals surface area contributed by atoms with Crippen LogP contribution in [0.4, 0.5) is 0 Å². The fraction of sp³-hybridized carbons (Fsp3) is 0.455. The van der Waals surface area contributed by atoms with Crippen molar-refractivity contribution in [3.8, 4) is 11.8 Å². The molecule has 3 nitrogen and oxygen atoms in total. The highest BCUT2D eigenvalue weighted by Crippen LogP contribution is 2.18. The van der Waals surface area contributed by atoms with E-state index in [0.29, 0.717) is 13.2 Å². The molecule has 1 aromatic heterocycles. The highest BCUT2D eigenvalue weighted by molar-refractivity contribution is 7.12. The van der Waals surface area contributed by atoms with Crippen LogP contribution in [0.2, 0.25) is 0 Å². The first-order valence-corrected chi connectivity index (χ1v) is 5.67. The largest absolute Gasteiger partial charge is 0.376 e. The smallest absolute Gasteiger partial charge is 0.105 e. The van der Waals surface area contributed by atoms with Crippen LogP contribution in [-0.2, 0) is 16.1 Å². The van der Waals surface area contributed by atoms with E-state index in [9.17, 15) is 0 Å². The van der Waals surface area contributed by atoms with Crippen molar-refractivity contribution in [3.63, 3.8) is 0 Å². The third kappa shape index (κ3) is 3.05. The lowest BCUT2D eigenvalue weighted by molar-refractivity contribution is -0.134. The van der Waals surface area contributed by atoms with Gasteiger partial charge in [0.15, 0.2) is 0 Å². The molecule has 15 heavy (non-hydrogen) atoms. The molecule has 0 radical (unpaired) electrons. The van der Waals surface area contributed by atoms with Crippen molar-refractivity contribution >= 4 is 11.3 Å². The predicted octanol–water partition coefficient (Wildman–Crippen LogP) is 0.974. The SMILES string of the molecule is NCC#Cc1ccc(COC2COC2)s1. The third-order valence-electron chi connectivity index (χ3n) is 2.04. The van der Waals surface area contributed by atoms with Gasteiger partial charge in [0.1, 0.15) is 6.10 Å². The molecule has 0 unspecified atom stereocenters. The van der Waals surface area contributed by atoms with Gasteiger partial charge in [-0.1, -0.05) is 11.8 Å². The molecule has 0 spiro atoms. The Kier molecular flexibility index (Phi) is 3.75. The molecule has 0 saturated carbocycles. The van der Waals surface area contributed by atoms with E-state index >= 15 is 0 Å². The first-order valence-electron chi connectivity index (χ1n) is 4.85. The van der Waals surface area contributed by atoms with Gasteiger partial charge in [0.2, 0.25) is 0 Å². The standard InChI is InChI=1S/C11H13NO2S/c12-5-1-2-10-3-4-11(15-10)8-14-9-6-13-7-9/h3-4,9H,5-8,12H2. The molecule has 2 rings (SSSR count). The maximum absolute atomic E-state index is 5.59. The Hall–Kier alpha value is -0.860. The minimum Gasteiger partial charge on any atom is -0.376 e. The van der Waals surface area contributed by atoms with Crippen molar-refractivity contribution < 1.29 is 9.47 Å². The quantitative estimate of drug-likeness (QED) is 0.777. The summed E-state index contributed by atoms with van der Waals surface area (Å²) in [6, 6.07) is 4.05. The normalized spacial score (nSPS) is 15.5. The lowest BCUT2D eigenvalue weighted by atomic mass is 10.3. The zero-order valence-electron chi connectivity index (χ0n) is 8.36. The molecule has 1 aliphatic rings. The molecule has 0 atom stereocenters. The molecule has 1 fully saturated rings. The van der Waals surface area contributed by atoms with Crippen LogP contribution in [0.1, 0.15) is 9.75 Å². The van der Waals surface area contributed by atoms with Crippen LogP contribution < -0.4 is 5.73 Å². The first-order chi connectivity index (χ1) is 7.38. The van der Waals surface area contributed by atoms with Crippen LogP contribution in [-0.4, -0.2) is 25.9 Å². The van der Waals surface area contributed by atoms with E-state index in [4.69, 9.17) is 15.2 Å². The molecule has 2 heterocycles. The number of thiophene rings is 1. The van der Waals surface area contributed by atoms with Gasteiger partial charge >= 0.3 is 0 Å². The molecule has 0 bridgehead atoms. The van der Waals surface area contributed by atoms with E-state index in [1.54, 1.807) is 11.3 Å². The minimum absolute atomic E-state index is 0.283. The fourth-order valence-electron chi connectivity index (χ4n) is 1.17. The van der Waals surface area contributed by atoms with Crippen molar-refractivity contribution in [2.75, 3.05) is 19.8 Å². The molecule has 4 heteroatoms. The molecule has 0 amide bonds. The molecule has 1 aliphatic heterocycles. The Labute approximate surface area is 93.2 Å². The maximum Gasteiger partial charge on any atom is 0.105 e. The minimum atomic E-state index is 0.283. The van der Waals surface area contributed by atoms with Gasteiger partial charge in [-0.2, -0.15) is 0 Å². The van der Waals surface area contributed by atoms with Gasteiger partial charge in [-0.05, 0) is 12.1 Å². The molecule has 0 aliphatic carbocycles. The summed E-state index contributed by atoms with van der Waals surface area (Å²) in [5.41, 5.74) is 5.30. The van der Waals surface area contributed by atoms with Crippen molar-refractivity contribution in [2.45, 2.75) is 12.7 Å². The van der Waals surface area contributed by atoms with E-state index in [1.165, 1.54) is 4.88 Å². The number of hydrogen-bond acceptors (Lipinski definition) is 4. The average Bonchev–Trinajstić information content (AvgIpc) is 2.60. The number of nitrogens with two attached hydrogens (primary N) is 1. The highest BCUT2D eigenvalue weighted by atomic mass is 32.1. The lowest BCUT2D eigenvalue weighted by Crippen LogP contribution is -2.35. The van der Waals surface area contributed by atoms with Gasteiger partial charge in [0.25, 0.3) is 0 Å². The van der Waals surface area contributed by atoms with Gasteiger partial charge in [0, 0.05) is 4.88 Å². The van der Waals surface area contributed by atoms with Crippen LogP contribution in [0.15, 0.2) is 12.1 Å². The Morgan fingerprint density at radius 2 is 2.40 bits per heavy atom. The monoisotopic (exact) mass is 223 g/mol. The molecule has 1 aromatic rings. The Morgan fingerprint density at radius 1 is 1.53 bits per heavy atom. The molecular formula is C11H13NO2S. The van der Waals surface area contributed by atoms with E-state index in [2.05, 4.69) is 11.8 Å². The van der Waals surface area contributed by atoms with E-state index in [0.717, 1.165) is 18.1 Å². The van der Waals surface area contributed by atoms with E-state index in [1.807, 2.05) is 12.1 Å². The van der Waals surface area contributed by atoms with Crippen LogP contribution in [0.5, 0.6) is 0 Å². The zero-order valence-corrected chi connectivity index (χ0v) is 9.18. The first kappa shape index (κ1) is 10.7. The van der Waals surface area contributed by atoms with Gasteiger partial charge < -0.3 is 15.2 Å². The van der Waals surface area contributed by atoms with Crippen LogP contribution in [0, 0.1) is 11.8 Å². The summed E-state index contributed by atoms with van der Waals surface area (Å²) < 4.78 is 10.6. The summed E-state index contributed by atoms with van der Waals surface area (Å²) in [6.45, 7) is 2.52. The number of ether oxygens (including phenoxy) is 2. The second-order valence-electron chi connectivity index (χ2n) is 3.24. The van der Waals surface area contributed by atoms with Crippen LogP contribution in [0.25, 0.3) is 0 Å². The summed E-state index contributed by atoms with van der Waals surface area (Å²) in [5, 5.41) is 0. The topological polar surface area (TPSA) is 44.5 Å². The summed E-state index contributed by atoms with van der Waals surface area (Å²) in [6.07, 6.45) is 0.283. The molecule has 0 aromatic carbocycles. The molecular weight excluding hydrogens is 210 g/mol. The number of rotatable bonds is 3. The predicted molar refractivity (Wildman–Crippen MR) is 59.6 cm³/mol. The average molecular weight is 223 g/mol. The summed E-state index contributed by atoms with van der Waals surface area (Å²) >= 11 is 1.65. The molecule has 80 valence electrons. The second kappa shape index (κ2) is 5.29. The Bertz CT molecular complexity index is 373. The Balaban J connectivity index is 1.83. The fourth-order valence-corrected chi connectivity index (χ4v) is 1.98. The summed E-state index contributed by atoms with van der Waals surface area (Å²) in [7, 11) is 0. The lowest BCUT2D eigenvalue weighted by Gasteiger charge is -2.25. The van der Waals surface area contributed by atoms with Crippen LogP contribution in [0.3, 0.4) is 0 Å². The highest BCUT2D eigenvalue weighted by Gasteiger charge is 2.18. The van der Waals surface area contributed by atoms with Crippen molar-refractivity contribution in [1.29, 1.82) is 0 Å². The van der Waals surface area contributed by atoms with Gasteiger partial charge in [-0.15, -0.1) is 11.3 Å². The van der Waals surface area contributed by atoms with Crippen molar-refractivity contribution in [1.82, 2.24) is 0 Å². The summed E-state index contributed by atoms with van der Waals surface area (Å²) in [4.78, 5) is 2.24. The van der Waals surface area contributed by atoms with Crippen molar-refractivity contribution in [3.05, 3.63) is 21.9 Å².